The van der Waals surface area contributed by atoms with Gasteiger partial charge in [0.15, 0.2) is 0 Å². The van der Waals surface area contributed by atoms with Gasteiger partial charge in [0.1, 0.15) is 18.1 Å². The van der Waals surface area contributed by atoms with Crippen LogP contribution in [0.5, 0.6) is 11.5 Å². The number of phenols is 1. The average Bonchev–Trinajstić information content (AvgIpc) is 2.79. The van der Waals surface area contributed by atoms with Gasteiger partial charge in [0, 0.05) is 13.1 Å². The predicted molar refractivity (Wildman–Crippen MR) is 98.9 cm³/mol. The summed E-state index contributed by atoms with van der Waals surface area (Å²) < 4.78 is 5.83. The molecule has 134 valence electrons. The Morgan fingerprint density at radius 2 is 1.72 bits per heavy atom. The number of likely N-dealkylation sites (tertiary alicyclic amines) is 1. The summed E-state index contributed by atoms with van der Waals surface area (Å²) in [6.45, 7) is 5.03. The topological polar surface area (TPSA) is 52.9 Å². The highest BCUT2D eigenvalue weighted by Crippen LogP contribution is 2.25. The third kappa shape index (κ3) is 5.21. The molecule has 1 atom stereocenters. The zero-order valence-corrected chi connectivity index (χ0v) is 14.8. The molecule has 25 heavy (non-hydrogen) atoms. The van der Waals surface area contributed by atoms with Crippen LogP contribution in [0, 0.1) is 6.92 Å². The third-order valence-corrected chi connectivity index (χ3v) is 4.88. The van der Waals surface area contributed by atoms with Gasteiger partial charge in [-0.3, -0.25) is 4.90 Å². The SMILES string of the molecule is Cc1ccc(OCC2(O)CCCN(Cc3ccc(O)cc3)CC2)cc1. The lowest BCUT2D eigenvalue weighted by atomic mass is 9.96. The number of hydrogen-bond donors (Lipinski definition) is 2. The van der Waals surface area contributed by atoms with E-state index in [0.717, 1.165) is 38.2 Å². The number of phenolic OH excluding ortho intramolecular Hbond substituents is 1. The first kappa shape index (κ1) is 17.8. The van der Waals surface area contributed by atoms with Crippen molar-refractivity contribution < 1.29 is 14.9 Å². The van der Waals surface area contributed by atoms with E-state index in [-0.39, 0.29) is 0 Å². The summed E-state index contributed by atoms with van der Waals surface area (Å²) in [5.74, 6) is 1.10. The molecule has 1 fully saturated rings. The summed E-state index contributed by atoms with van der Waals surface area (Å²) in [6.07, 6.45) is 2.41. The van der Waals surface area contributed by atoms with Crippen molar-refractivity contribution in [1.29, 1.82) is 0 Å². The minimum Gasteiger partial charge on any atom is -0.508 e. The maximum absolute atomic E-state index is 10.9. The number of nitrogens with zero attached hydrogens (tertiary/aromatic N) is 1. The molecule has 2 aromatic carbocycles. The molecule has 0 amide bonds. The Kier molecular flexibility index (Phi) is 5.61. The molecule has 1 aliphatic rings. The molecule has 0 aromatic heterocycles. The fraction of sp³-hybridized carbons (Fsp3) is 0.429. The van der Waals surface area contributed by atoms with Gasteiger partial charge in [-0.15, -0.1) is 0 Å². The van der Waals surface area contributed by atoms with Crippen molar-refractivity contribution in [2.75, 3.05) is 19.7 Å². The summed E-state index contributed by atoms with van der Waals surface area (Å²) in [4.78, 5) is 2.36. The monoisotopic (exact) mass is 341 g/mol. The van der Waals surface area contributed by atoms with Gasteiger partial charge in [0.2, 0.25) is 0 Å². The maximum Gasteiger partial charge on any atom is 0.119 e. The van der Waals surface area contributed by atoms with Crippen molar-refractivity contribution in [2.45, 2.75) is 38.3 Å². The van der Waals surface area contributed by atoms with Gasteiger partial charge >= 0.3 is 0 Å². The molecule has 0 saturated carbocycles. The standard InChI is InChI=1S/C21H27NO3/c1-17-3-9-20(10-4-17)25-16-21(24)11-2-13-22(14-12-21)15-18-5-7-19(23)8-6-18/h3-10,23-24H,2,11-16H2,1H3. The molecule has 4 nitrogen and oxygen atoms in total. The molecule has 1 heterocycles. The van der Waals surface area contributed by atoms with E-state index in [0.29, 0.717) is 18.8 Å². The number of hydrogen-bond acceptors (Lipinski definition) is 4. The Morgan fingerprint density at radius 1 is 1.00 bits per heavy atom. The molecular weight excluding hydrogens is 314 g/mol. The third-order valence-electron chi connectivity index (χ3n) is 4.88. The van der Waals surface area contributed by atoms with Gasteiger partial charge in [-0.25, -0.2) is 0 Å². The highest BCUT2D eigenvalue weighted by atomic mass is 16.5. The Hall–Kier alpha value is -2.04. The van der Waals surface area contributed by atoms with Crippen LogP contribution in [0.25, 0.3) is 0 Å². The average molecular weight is 341 g/mol. The summed E-state index contributed by atoms with van der Waals surface area (Å²) in [5.41, 5.74) is 1.61. The van der Waals surface area contributed by atoms with Crippen LogP contribution in [0.4, 0.5) is 0 Å². The van der Waals surface area contributed by atoms with Gasteiger partial charge < -0.3 is 14.9 Å². The van der Waals surface area contributed by atoms with Crippen molar-refractivity contribution in [2.24, 2.45) is 0 Å². The minimum atomic E-state index is -0.769. The largest absolute Gasteiger partial charge is 0.508 e. The Bertz CT molecular complexity index is 669. The second kappa shape index (κ2) is 7.89. The zero-order valence-electron chi connectivity index (χ0n) is 14.8. The normalized spacial score (nSPS) is 21.7. The molecule has 0 aliphatic carbocycles. The lowest BCUT2D eigenvalue weighted by Crippen LogP contribution is -2.37. The van der Waals surface area contributed by atoms with Crippen molar-refractivity contribution in [3.05, 3.63) is 59.7 Å². The lowest BCUT2D eigenvalue weighted by Gasteiger charge is -2.27. The van der Waals surface area contributed by atoms with Gasteiger partial charge in [-0.1, -0.05) is 29.8 Å². The van der Waals surface area contributed by atoms with Crippen molar-refractivity contribution in [3.8, 4) is 11.5 Å². The molecule has 2 N–H and O–H groups in total. The Morgan fingerprint density at radius 3 is 2.44 bits per heavy atom. The fourth-order valence-corrected chi connectivity index (χ4v) is 3.25. The minimum absolute atomic E-state index is 0.294. The quantitative estimate of drug-likeness (QED) is 0.874. The van der Waals surface area contributed by atoms with E-state index in [4.69, 9.17) is 4.74 Å². The Balaban J connectivity index is 1.52. The van der Waals surface area contributed by atoms with Crippen molar-refractivity contribution >= 4 is 0 Å². The first-order valence-electron chi connectivity index (χ1n) is 8.95. The molecule has 3 rings (SSSR count). The molecule has 4 heteroatoms. The van der Waals surface area contributed by atoms with Crippen LogP contribution < -0.4 is 4.74 Å². The van der Waals surface area contributed by atoms with E-state index >= 15 is 0 Å². The number of aromatic hydroxyl groups is 1. The van der Waals surface area contributed by atoms with E-state index in [1.54, 1.807) is 12.1 Å². The summed E-state index contributed by atoms with van der Waals surface area (Å²) in [6, 6.07) is 15.3. The van der Waals surface area contributed by atoms with Crippen molar-refractivity contribution in [3.63, 3.8) is 0 Å². The Labute approximate surface area is 149 Å². The highest BCUT2D eigenvalue weighted by Gasteiger charge is 2.31. The van der Waals surface area contributed by atoms with E-state index < -0.39 is 5.60 Å². The number of aryl methyl sites for hydroxylation is 1. The summed E-state index contributed by atoms with van der Waals surface area (Å²) >= 11 is 0. The van der Waals surface area contributed by atoms with Crippen LogP contribution in [0.2, 0.25) is 0 Å². The fourth-order valence-electron chi connectivity index (χ4n) is 3.25. The number of aliphatic hydroxyl groups is 1. The van der Waals surface area contributed by atoms with E-state index in [1.807, 2.05) is 43.3 Å². The van der Waals surface area contributed by atoms with E-state index in [9.17, 15) is 10.2 Å². The molecule has 2 aromatic rings. The van der Waals surface area contributed by atoms with Crippen molar-refractivity contribution in [1.82, 2.24) is 4.90 Å². The molecule has 1 aliphatic heterocycles. The second-order valence-electron chi connectivity index (χ2n) is 7.12. The number of benzene rings is 2. The molecule has 1 unspecified atom stereocenters. The zero-order chi connectivity index (χ0) is 17.7. The molecule has 0 spiro atoms. The number of ether oxygens (including phenoxy) is 1. The van der Waals surface area contributed by atoms with Crippen LogP contribution in [-0.4, -0.2) is 40.4 Å². The van der Waals surface area contributed by atoms with Crippen LogP contribution in [0.1, 0.15) is 30.4 Å². The van der Waals surface area contributed by atoms with Crippen LogP contribution in [-0.2, 0) is 6.54 Å². The van der Waals surface area contributed by atoms with Gasteiger partial charge in [0.05, 0.1) is 5.60 Å². The predicted octanol–water partition coefficient (Wildman–Crippen LogP) is 3.50. The smallest absolute Gasteiger partial charge is 0.119 e. The molecule has 1 saturated heterocycles. The molecule has 0 bridgehead atoms. The van der Waals surface area contributed by atoms with Crippen LogP contribution >= 0.6 is 0 Å². The van der Waals surface area contributed by atoms with Gasteiger partial charge in [-0.2, -0.15) is 0 Å². The maximum atomic E-state index is 10.9. The van der Waals surface area contributed by atoms with Gasteiger partial charge in [-0.05, 0) is 62.6 Å². The molecular formula is C21H27NO3. The van der Waals surface area contributed by atoms with Crippen LogP contribution in [0.15, 0.2) is 48.5 Å². The lowest BCUT2D eigenvalue weighted by molar-refractivity contribution is -0.0168. The first-order chi connectivity index (χ1) is 12.0. The van der Waals surface area contributed by atoms with E-state index in [2.05, 4.69) is 4.90 Å². The molecule has 0 radical (unpaired) electrons. The first-order valence-corrected chi connectivity index (χ1v) is 8.95. The highest BCUT2D eigenvalue weighted by molar-refractivity contribution is 5.27. The number of rotatable bonds is 5. The summed E-state index contributed by atoms with van der Waals surface area (Å²) in [5, 5.41) is 20.3. The second-order valence-corrected chi connectivity index (χ2v) is 7.12. The van der Waals surface area contributed by atoms with Gasteiger partial charge in [0.25, 0.3) is 0 Å². The van der Waals surface area contributed by atoms with E-state index in [1.165, 1.54) is 11.1 Å². The van der Waals surface area contributed by atoms with Crippen LogP contribution in [0.3, 0.4) is 0 Å². The summed E-state index contributed by atoms with van der Waals surface area (Å²) in [7, 11) is 0.